The van der Waals surface area contributed by atoms with Gasteiger partial charge in [-0.25, -0.2) is 0 Å². The molecule has 2 aromatic carbocycles. The SMILES string of the molecule is Clc1ccc(CNc2cnnc(Nc3ccc(Cl)cc3)n2)cc1. The zero-order valence-corrected chi connectivity index (χ0v) is 13.5. The van der Waals surface area contributed by atoms with Crippen LogP contribution in [0.15, 0.2) is 54.7 Å². The Balaban J connectivity index is 1.65. The first-order valence-electron chi connectivity index (χ1n) is 6.90. The van der Waals surface area contributed by atoms with Crippen LogP contribution >= 0.6 is 23.2 Å². The molecule has 3 aromatic rings. The summed E-state index contributed by atoms with van der Waals surface area (Å²) >= 11 is 11.7. The molecule has 0 amide bonds. The number of anilines is 3. The predicted molar refractivity (Wildman–Crippen MR) is 93.3 cm³/mol. The van der Waals surface area contributed by atoms with Crippen molar-refractivity contribution in [1.82, 2.24) is 15.2 Å². The maximum absolute atomic E-state index is 5.87. The smallest absolute Gasteiger partial charge is 0.249 e. The zero-order chi connectivity index (χ0) is 16.1. The van der Waals surface area contributed by atoms with Gasteiger partial charge in [-0.1, -0.05) is 35.3 Å². The molecule has 0 aliphatic rings. The lowest BCUT2D eigenvalue weighted by atomic mass is 10.2. The lowest BCUT2D eigenvalue weighted by Crippen LogP contribution is -2.05. The number of hydrogen-bond donors (Lipinski definition) is 2. The maximum atomic E-state index is 5.87. The molecule has 1 aromatic heterocycles. The molecule has 0 aliphatic carbocycles. The van der Waals surface area contributed by atoms with Crippen LogP contribution in [0.2, 0.25) is 10.0 Å². The molecule has 0 aliphatic heterocycles. The number of nitrogens with zero attached hydrogens (tertiary/aromatic N) is 3. The molecule has 0 fully saturated rings. The molecular weight excluding hydrogens is 333 g/mol. The molecule has 0 bridgehead atoms. The predicted octanol–water partition coefficient (Wildman–Crippen LogP) is 4.53. The summed E-state index contributed by atoms with van der Waals surface area (Å²) < 4.78 is 0. The first kappa shape index (κ1) is 15.5. The number of rotatable bonds is 5. The molecule has 23 heavy (non-hydrogen) atoms. The van der Waals surface area contributed by atoms with E-state index < -0.39 is 0 Å². The molecule has 0 unspecified atom stereocenters. The van der Waals surface area contributed by atoms with E-state index in [-0.39, 0.29) is 0 Å². The lowest BCUT2D eigenvalue weighted by Gasteiger charge is -2.08. The van der Waals surface area contributed by atoms with Crippen molar-refractivity contribution in [2.24, 2.45) is 0 Å². The van der Waals surface area contributed by atoms with Gasteiger partial charge >= 0.3 is 0 Å². The average molecular weight is 346 g/mol. The summed E-state index contributed by atoms with van der Waals surface area (Å²) in [5, 5.41) is 15.6. The minimum atomic E-state index is 0.411. The maximum Gasteiger partial charge on any atom is 0.249 e. The third kappa shape index (κ3) is 4.55. The molecule has 1 heterocycles. The Morgan fingerprint density at radius 1 is 0.870 bits per heavy atom. The summed E-state index contributed by atoms with van der Waals surface area (Å²) in [7, 11) is 0. The van der Waals surface area contributed by atoms with Gasteiger partial charge in [-0.3, -0.25) is 0 Å². The van der Waals surface area contributed by atoms with Crippen molar-refractivity contribution < 1.29 is 0 Å². The van der Waals surface area contributed by atoms with Gasteiger partial charge in [-0.2, -0.15) is 10.1 Å². The van der Waals surface area contributed by atoms with E-state index in [0.29, 0.717) is 28.4 Å². The van der Waals surface area contributed by atoms with Crippen LogP contribution in [-0.2, 0) is 6.54 Å². The number of hydrogen-bond acceptors (Lipinski definition) is 5. The highest BCUT2D eigenvalue weighted by Crippen LogP contribution is 2.17. The van der Waals surface area contributed by atoms with Crippen molar-refractivity contribution in [3.63, 3.8) is 0 Å². The minimum absolute atomic E-state index is 0.411. The lowest BCUT2D eigenvalue weighted by molar-refractivity contribution is 0.966. The van der Waals surface area contributed by atoms with E-state index in [1.165, 1.54) is 0 Å². The van der Waals surface area contributed by atoms with E-state index in [9.17, 15) is 0 Å². The van der Waals surface area contributed by atoms with Gasteiger partial charge < -0.3 is 10.6 Å². The summed E-state index contributed by atoms with van der Waals surface area (Å²) in [6.45, 7) is 0.621. The second kappa shape index (κ2) is 7.26. The van der Waals surface area contributed by atoms with Crippen molar-refractivity contribution in [1.29, 1.82) is 0 Å². The Kier molecular flexibility index (Phi) is 4.90. The summed E-state index contributed by atoms with van der Waals surface area (Å²) in [4.78, 5) is 4.37. The average Bonchev–Trinajstić information content (AvgIpc) is 2.57. The zero-order valence-electron chi connectivity index (χ0n) is 12.0. The topological polar surface area (TPSA) is 62.7 Å². The molecule has 5 nitrogen and oxygen atoms in total. The van der Waals surface area contributed by atoms with Crippen LogP contribution in [0, 0.1) is 0 Å². The Morgan fingerprint density at radius 3 is 2.22 bits per heavy atom. The highest BCUT2D eigenvalue weighted by atomic mass is 35.5. The van der Waals surface area contributed by atoms with Crippen LogP contribution in [0.5, 0.6) is 0 Å². The van der Waals surface area contributed by atoms with Gasteiger partial charge in [0.2, 0.25) is 5.95 Å². The Hall–Kier alpha value is -2.37. The van der Waals surface area contributed by atoms with Crippen LogP contribution in [0.1, 0.15) is 5.56 Å². The minimum Gasteiger partial charge on any atom is -0.365 e. The number of aromatic nitrogens is 3. The molecule has 2 N–H and O–H groups in total. The van der Waals surface area contributed by atoms with Crippen molar-refractivity contribution >= 4 is 40.7 Å². The largest absolute Gasteiger partial charge is 0.365 e. The van der Waals surface area contributed by atoms with Crippen LogP contribution in [-0.4, -0.2) is 15.2 Å². The molecule has 0 radical (unpaired) electrons. The third-order valence-corrected chi connectivity index (χ3v) is 3.55. The number of benzene rings is 2. The van der Waals surface area contributed by atoms with E-state index in [0.717, 1.165) is 11.3 Å². The molecule has 0 saturated carbocycles. The Labute approximate surface area is 143 Å². The second-order valence-electron chi connectivity index (χ2n) is 4.78. The van der Waals surface area contributed by atoms with Crippen molar-refractivity contribution in [3.8, 4) is 0 Å². The second-order valence-corrected chi connectivity index (χ2v) is 5.65. The van der Waals surface area contributed by atoms with E-state index >= 15 is 0 Å². The quantitative estimate of drug-likeness (QED) is 0.710. The fraction of sp³-hybridized carbons (Fsp3) is 0.0625. The fourth-order valence-electron chi connectivity index (χ4n) is 1.90. The van der Waals surface area contributed by atoms with Crippen LogP contribution in [0.25, 0.3) is 0 Å². The molecule has 3 rings (SSSR count). The summed E-state index contributed by atoms with van der Waals surface area (Å²) in [5.41, 5.74) is 1.94. The Bertz CT molecular complexity index is 775. The van der Waals surface area contributed by atoms with Crippen molar-refractivity contribution in [3.05, 3.63) is 70.3 Å². The third-order valence-electron chi connectivity index (χ3n) is 3.05. The molecular formula is C16H13Cl2N5. The van der Waals surface area contributed by atoms with Crippen molar-refractivity contribution in [2.45, 2.75) is 6.54 Å². The van der Waals surface area contributed by atoms with E-state index in [2.05, 4.69) is 25.8 Å². The number of nitrogens with one attached hydrogen (secondary N) is 2. The van der Waals surface area contributed by atoms with Crippen LogP contribution in [0.3, 0.4) is 0 Å². The monoisotopic (exact) mass is 345 g/mol. The van der Waals surface area contributed by atoms with Gasteiger partial charge in [-0.15, -0.1) is 5.10 Å². The summed E-state index contributed by atoms with van der Waals surface area (Å²) in [5.74, 6) is 1.04. The first-order valence-corrected chi connectivity index (χ1v) is 7.65. The van der Waals surface area contributed by atoms with E-state index in [4.69, 9.17) is 23.2 Å². The fourth-order valence-corrected chi connectivity index (χ4v) is 2.15. The van der Waals surface area contributed by atoms with Gasteiger partial charge in [0.15, 0.2) is 5.82 Å². The summed E-state index contributed by atoms with van der Waals surface area (Å²) in [6.07, 6.45) is 1.57. The van der Waals surface area contributed by atoms with Gasteiger partial charge in [0.05, 0.1) is 6.20 Å². The number of halogens is 2. The Morgan fingerprint density at radius 2 is 1.52 bits per heavy atom. The molecule has 0 saturated heterocycles. The van der Waals surface area contributed by atoms with Crippen LogP contribution < -0.4 is 10.6 Å². The van der Waals surface area contributed by atoms with Gasteiger partial charge in [0, 0.05) is 22.3 Å². The van der Waals surface area contributed by atoms with Crippen LogP contribution in [0.4, 0.5) is 17.5 Å². The van der Waals surface area contributed by atoms with Gasteiger partial charge in [-0.05, 0) is 42.0 Å². The molecule has 0 spiro atoms. The highest BCUT2D eigenvalue weighted by Gasteiger charge is 2.02. The molecule has 0 atom stereocenters. The molecule has 116 valence electrons. The van der Waals surface area contributed by atoms with Gasteiger partial charge in [0.1, 0.15) is 0 Å². The molecule has 7 heteroatoms. The van der Waals surface area contributed by atoms with Crippen molar-refractivity contribution in [2.75, 3.05) is 10.6 Å². The normalized spacial score (nSPS) is 10.3. The van der Waals surface area contributed by atoms with E-state index in [1.54, 1.807) is 18.3 Å². The summed E-state index contributed by atoms with van der Waals surface area (Å²) in [6, 6.07) is 14.9. The standard InChI is InChI=1S/C16H13Cl2N5/c17-12-3-1-11(2-4-12)9-19-15-10-20-23-16(22-15)21-14-7-5-13(18)6-8-14/h1-8,10H,9H2,(H2,19,21,22,23). The first-order chi connectivity index (χ1) is 11.2. The van der Waals surface area contributed by atoms with Gasteiger partial charge in [0.25, 0.3) is 0 Å². The highest BCUT2D eigenvalue weighted by molar-refractivity contribution is 6.30. The van der Waals surface area contributed by atoms with E-state index in [1.807, 2.05) is 36.4 Å².